The van der Waals surface area contributed by atoms with Crippen LogP contribution in [0.4, 0.5) is 0 Å². The maximum atomic E-state index is 9.52. The average Bonchev–Trinajstić information content (AvgIpc) is 2.40. The molecular formula is C16H14ClN. The standard InChI is InChI=1S/C16H14ClN/c1-16(12-18,11-13-7-3-2-4-8-13)14-9-5-6-10-15(14)17/h2-10H,11H2,1H3/t16-/m1/s1. The van der Waals surface area contributed by atoms with E-state index in [2.05, 4.69) is 6.07 Å². The highest BCUT2D eigenvalue weighted by Gasteiger charge is 2.28. The Balaban J connectivity index is 2.38. The molecule has 2 aromatic rings. The van der Waals surface area contributed by atoms with Crippen LogP contribution in [0.25, 0.3) is 0 Å². The first-order valence-corrected chi connectivity index (χ1v) is 6.24. The van der Waals surface area contributed by atoms with Gasteiger partial charge in [0.1, 0.15) is 0 Å². The van der Waals surface area contributed by atoms with E-state index in [0.29, 0.717) is 11.4 Å². The Bertz CT molecular complexity index is 571. The normalized spacial score (nSPS) is 13.6. The zero-order chi connectivity index (χ0) is 13.0. The van der Waals surface area contributed by atoms with Crippen LogP contribution < -0.4 is 0 Å². The van der Waals surface area contributed by atoms with Gasteiger partial charge in [-0.3, -0.25) is 0 Å². The third kappa shape index (κ3) is 2.55. The Kier molecular flexibility index (Phi) is 3.69. The van der Waals surface area contributed by atoms with Crippen molar-refractivity contribution in [2.24, 2.45) is 0 Å². The fourth-order valence-corrected chi connectivity index (χ4v) is 2.45. The molecule has 0 aromatic heterocycles. The number of hydrogen-bond donors (Lipinski definition) is 0. The lowest BCUT2D eigenvalue weighted by molar-refractivity contribution is 0.607. The zero-order valence-corrected chi connectivity index (χ0v) is 11.0. The van der Waals surface area contributed by atoms with E-state index in [1.165, 1.54) is 0 Å². The van der Waals surface area contributed by atoms with Crippen molar-refractivity contribution in [2.75, 3.05) is 0 Å². The number of nitrogens with zero attached hydrogens (tertiary/aromatic N) is 1. The van der Waals surface area contributed by atoms with Gasteiger partial charge in [-0.25, -0.2) is 0 Å². The number of hydrogen-bond acceptors (Lipinski definition) is 1. The Labute approximate surface area is 113 Å². The van der Waals surface area contributed by atoms with E-state index >= 15 is 0 Å². The lowest BCUT2D eigenvalue weighted by Crippen LogP contribution is -2.23. The van der Waals surface area contributed by atoms with Gasteiger partial charge in [0.05, 0.1) is 11.5 Å². The van der Waals surface area contributed by atoms with Crippen LogP contribution in [-0.2, 0) is 11.8 Å². The fraction of sp³-hybridized carbons (Fsp3) is 0.188. The first-order valence-electron chi connectivity index (χ1n) is 5.86. The summed E-state index contributed by atoms with van der Waals surface area (Å²) in [6, 6.07) is 20.0. The van der Waals surface area contributed by atoms with Gasteiger partial charge in [0.2, 0.25) is 0 Å². The minimum absolute atomic E-state index is 0.598. The van der Waals surface area contributed by atoms with Crippen LogP contribution in [-0.4, -0.2) is 0 Å². The molecule has 0 saturated carbocycles. The van der Waals surface area contributed by atoms with E-state index in [4.69, 9.17) is 11.6 Å². The van der Waals surface area contributed by atoms with Crippen molar-refractivity contribution in [1.29, 1.82) is 5.26 Å². The highest BCUT2D eigenvalue weighted by Crippen LogP contribution is 2.32. The quantitative estimate of drug-likeness (QED) is 0.799. The van der Waals surface area contributed by atoms with E-state index in [0.717, 1.165) is 11.1 Å². The van der Waals surface area contributed by atoms with Gasteiger partial charge in [0, 0.05) is 5.02 Å². The van der Waals surface area contributed by atoms with Crippen LogP contribution in [0.2, 0.25) is 5.02 Å². The first kappa shape index (κ1) is 12.7. The number of halogens is 1. The lowest BCUT2D eigenvalue weighted by Gasteiger charge is -2.23. The van der Waals surface area contributed by atoms with Gasteiger partial charge in [-0.05, 0) is 30.5 Å². The second-order valence-electron chi connectivity index (χ2n) is 4.59. The largest absolute Gasteiger partial charge is 0.197 e. The van der Waals surface area contributed by atoms with Crippen LogP contribution >= 0.6 is 11.6 Å². The van der Waals surface area contributed by atoms with Crippen LogP contribution in [0.15, 0.2) is 54.6 Å². The topological polar surface area (TPSA) is 23.8 Å². The highest BCUT2D eigenvalue weighted by atomic mass is 35.5. The van der Waals surface area contributed by atoms with Gasteiger partial charge in [0.15, 0.2) is 0 Å². The molecule has 0 bridgehead atoms. The summed E-state index contributed by atoms with van der Waals surface area (Å²) in [6.07, 6.45) is 0.661. The molecule has 18 heavy (non-hydrogen) atoms. The van der Waals surface area contributed by atoms with E-state index < -0.39 is 5.41 Å². The summed E-state index contributed by atoms with van der Waals surface area (Å²) in [5, 5.41) is 10.2. The Morgan fingerprint density at radius 3 is 2.28 bits per heavy atom. The molecule has 0 unspecified atom stereocenters. The summed E-state index contributed by atoms with van der Waals surface area (Å²) in [7, 11) is 0. The molecular weight excluding hydrogens is 242 g/mol. The summed E-state index contributed by atoms with van der Waals surface area (Å²) >= 11 is 6.20. The Morgan fingerprint density at radius 2 is 1.67 bits per heavy atom. The van der Waals surface area contributed by atoms with Crippen molar-refractivity contribution in [3.05, 3.63) is 70.7 Å². The van der Waals surface area contributed by atoms with E-state index in [1.54, 1.807) is 0 Å². The van der Waals surface area contributed by atoms with Crippen molar-refractivity contribution >= 4 is 11.6 Å². The van der Waals surface area contributed by atoms with Crippen molar-refractivity contribution < 1.29 is 0 Å². The van der Waals surface area contributed by atoms with Gasteiger partial charge >= 0.3 is 0 Å². The molecule has 0 N–H and O–H groups in total. The molecule has 0 saturated heterocycles. The molecule has 0 heterocycles. The molecule has 0 aliphatic heterocycles. The molecule has 1 atom stereocenters. The summed E-state index contributed by atoms with van der Waals surface area (Å²) in [6.45, 7) is 1.93. The number of rotatable bonds is 3. The van der Waals surface area contributed by atoms with Gasteiger partial charge in [0.25, 0.3) is 0 Å². The van der Waals surface area contributed by atoms with E-state index in [-0.39, 0.29) is 0 Å². The minimum Gasteiger partial charge on any atom is -0.197 e. The van der Waals surface area contributed by atoms with Crippen LogP contribution in [0.3, 0.4) is 0 Å². The SMILES string of the molecule is C[C@](C#N)(Cc1ccccc1)c1ccccc1Cl. The average molecular weight is 256 g/mol. The van der Waals surface area contributed by atoms with Gasteiger partial charge in [-0.2, -0.15) is 5.26 Å². The van der Waals surface area contributed by atoms with Crippen molar-refractivity contribution in [3.8, 4) is 6.07 Å². The molecule has 90 valence electrons. The molecule has 0 spiro atoms. The summed E-state index contributed by atoms with van der Waals surface area (Å²) in [4.78, 5) is 0. The third-order valence-corrected chi connectivity index (χ3v) is 3.45. The molecule has 1 nitrogen and oxygen atoms in total. The second-order valence-corrected chi connectivity index (χ2v) is 4.99. The molecule has 0 amide bonds. The molecule has 0 radical (unpaired) electrons. The van der Waals surface area contributed by atoms with E-state index in [9.17, 15) is 5.26 Å². The third-order valence-electron chi connectivity index (χ3n) is 3.12. The molecule has 0 aliphatic rings. The van der Waals surface area contributed by atoms with E-state index in [1.807, 2.05) is 61.5 Å². The van der Waals surface area contributed by atoms with Crippen molar-refractivity contribution in [1.82, 2.24) is 0 Å². The smallest absolute Gasteiger partial charge is 0.0848 e. The first-order chi connectivity index (χ1) is 8.65. The van der Waals surface area contributed by atoms with Gasteiger partial charge in [-0.15, -0.1) is 0 Å². The van der Waals surface area contributed by atoms with Crippen molar-refractivity contribution in [3.63, 3.8) is 0 Å². The van der Waals surface area contributed by atoms with Crippen LogP contribution in [0.5, 0.6) is 0 Å². The summed E-state index contributed by atoms with van der Waals surface area (Å²) in [5.74, 6) is 0. The fourth-order valence-electron chi connectivity index (χ4n) is 2.11. The Hall–Kier alpha value is -1.78. The molecule has 0 aliphatic carbocycles. The number of nitriles is 1. The number of benzene rings is 2. The summed E-state index contributed by atoms with van der Waals surface area (Å²) in [5.41, 5.74) is 1.43. The molecule has 0 fully saturated rings. The molecule has 2 rings (SSSR count). The maximum Gasteiger partial charge on any atom is 0.0848 e. The summed E-state index contributed by atoms with van der Waals surface area (Å²) < 4.78 is 0. The van der Waals surface area contributed by atoms with Gasteiger partial charge < -0.3 is 0 Å². The Morgan fingerprint density at radius 1 is 1.06 bits per heavy atom. The minimum atomic E-state index is -0.598. The predicted octanol–water partition coefficient (Wildman–Crippen LogP) is 4.36. The van der Waals surface area contributed by atoms with Crippen LogP contribution in [0, 0.1) is 11.3 Å². The van der Waals surface area contributed by atoms with Crippen LogP contribution in [0.1, 0.15) is 18.1 Å². The predicted molar refractivity (Wildman–Crippen MR) is 74.6 cm³/mol. The molecule has 2 aromatic carbocycles. The monoisotopic (exact) mass is 255 g/mol. The maximum absolute atomic E-state index is 9.52. The zero-order valence-electron chi connectivity index (χ0n) is 10.2. The molecule has 2 heteroatoms. The van der Waals surface area contributed by atoms with Gasteiger partial charge in [-0.1, -0.05) is 60.1 Å². The second kappa shape index (κ2) is 5.25. The van der Waals surface area contributed by atoms with Crippen molar-refractivity contribution in [2.45, 2.75) is 18.8 Å². The lowest BCUT2D eigenvalue weighted by atomic mass is 9.78. The highest BCUT2D eigenvalue weighted by molar-refractivity contribution is 6.31.